The summed E-state index contributed by atoms with van der Waals surface area (Å²) in [5.74, 6) is 0.516. The van der Waals surface area contributed by atoms with Crippen molar-refractivity contribution in [2.24, 2.45) is 0 Å². The third-order valence-electron chi connectivity index (χ3n) is 3.82. The van der Waals surface area contributed by atoms with Gasteiger partial charge in [0.15, 0.2) is 0 Å². The van der Waals surface area contributed by atoms with E-state index in [0.717, 1.165) is 5.56 Å². The molecular weight excluding hydrogens is 418 g/mol. The summed E-state index contributed by atoms with van der Waals surface area (Å²) in [6, 6.07) is 9.45. The Hall–Kier alpha value is -2.82. The van der Waals surface area contributed by atoms with Crippen LogP contribution in [0.1, 0.15) is 12.3 Å². The summed E-state index contributed by atoms with van der Waals surface area (Å²) in [6.45, 7) is 0.193. The van der Waals surface area contributed by atoms with Gasteiger partial charge >= 0.3 is 0 Å². The van der Waals surface area contributed by atoms with Crippen molar-refractivity contribution in [1.82, 2.24) is 25.2 Å². The Labute approximate surface area is 172 Å². The number of sulfonamides is 1. The molecule has 1 aromatic carbocycles. The van der Waals surface area contributed by atoms with Crippen LogP contribution in [0.25, 0.3) is 11.4 Å². The van der Waals surface area contributed by atoms with Crippen LogP contribution in [-0.4, -0.2) is 42.5 Å². The molecule has 0 bridgehead atoms. The maximum atomic E-state index is 12.1. The number of amides is 1. The smallest absolute Gasteiger partial charge is 0.240 e. The lowest BCUT2D eigenvalue weighted by Gasteiger charge is -2.08. The first-order chi connectivity index (χ1) is 13.9. The van der Waals surface area contributed by atoms with Gasteiger partial charge in [0.2, 0.25) is 27.6 Å². The fourth-order valence-corrected chi connectivity index (χ4v) is 3.72. The molecule has 2 N–H and O–H groups in total. The number of rotatable bonds is 9. The SMILES string of the molecule is O=C(CCc1nc(-c2ccncc2)no1)NCCNS(=O)(=O)c1cccc(Cl)c1. The molecule has 11 heteroatoms. The quantitative estimate of drug-likeness (QED) is 0.490. The lowest BCUT2D eigenvalue weighted by Crippen LogP contribution is -2.34. The first-order valence-electron chi connectivity index (χ1n) is 8.69. The number of carbonyl (C=O) groups is 1. The molecule has 0 aliphatic heterocycles. The molecule has 3 aromatic rings. The highest BCUT2D eigenvalue weighted by molar-refractivity contribution is 7.89. The van der Waals surface area contributed by atoms with Crippen molar-refractivity contribution in [2.45, 2.75) is 17.7 Å². The number of hydrogen-bond acceptors (Lipinski definition) is 7. The Bertz CT molecular complexity index is 1070. The number of hydrogen-bond donors (Lipinski definition) is 2. The van der Waals surface area contributed by atoms with Crippen molar-refractivity contribution in [3.8, 4) is 11.4 Å². The van der Waals surface area contributed by atoms with Gasteiger partial charge in [0.1, 0.15) is 0 Å². The third kappa shape index (κ3) is 6.08. The minimum absolute atomic E-state index is 0.0489. The first kappa shape index (κ1) is 20.9. The molecule has 9 nitrogen and oxygen atoms in total. The van der Waals surface area contributed by atoms with Crippen molar-refractivity contribution in [1.29, 1.82) is 0 Å². The van der Waals surface area contributed by atoms with E-state index in [9.17, 15) is 13.2 Å². The Kier molecular flexibility index (Phi) is 6.91. The predicted molar refractivity (Wildman–Crippen MR) is 106 cm³/mol. The fraction of sp³-hybridized carbons (Fsp3) is 0.222. The van der Waals surface area contributed by atoms with Crippen molar-refractivity contribution in [3.63, 3.8) is 0 Å². The van der Waals surface area contributed by atoms with Crippen molar-refractivity contribution in [2.75, 3.05) is 13.1 Å². The number of pyridine rings is 1. The van der Waals surface area contributed by atoms with Crippen LogP contribution in [0.15, 0.2) is 58.2 Å². The zero-order chi connectivity index (χ0) is 20.7. The summed E-state index contributed by atoms with van der Waals surface area (Å²) in [7, 11) is -3.68. The first-order valence-corrected chi connectivity index (χ1v) is 10.5. The zero-order valence-corrected chi connectivity index (χ0v) is 16.8. The second kappa shape index (κ2) is 9.59. The van der Waals surface area contributed by atoms with Gasteiger partial charge in [-0.05, 0) is 30.3 Å². The highest BCUT2D eigenvalue weighted by Gasteiger charge is 2.14. The second-order valence-corrected chi connectivity index (χ2v) is 8.16. The highest BCUT2D eigenvalue weighted by Crippen LogP contribution is 2.15. The normalized spacial score (nSPS) is 11.3. The molecule has 2 aromatic heterocycles. The van der Waals surface area contributed by atoms with E-state index in [2.05, 4.69) is 25.2 Å². The minimum Gasteiger partial charge on any atom is -0.355 e. The van der Waals surface area contributed by atoms with Crippen LogP contribution in [0.4, 0.5) is 0 Å². The Balaban J connectivity index is 1.40. The Morgan fingerprint density at radius 3 is 2.69 bits per heavy atom. The summed E-state index contributed by atoms with van der Waals surface area (Å²) in [5.41, 5.74) is 0.770. The van der Waals surface area contributed by atoms with E-state index in [-0.39, 0.29) is 36.7 Å². The average Bonchev–Trinajstić information content (AvgIpc) is 3.19. The van der Waals surface area contributed by atoms with Crippen LogP contribution in [0, 0.1) is 0 Å². The number of aromatic nitrogens is 3. The molecule has 0 spiro atoms. The molecule has 0 atom stereocenters. The van der Waals surface area contributed by atoms with E-state index in [4.69, 9.17) is 16.1 Å². The maximum Gasteiger partial charge on any atom is 0.240 e. The van der Waals surface area contributed by atoms with Gasteiger partial charge in [0.05, 0.1) is 4.90 Å². The lowest BCUT2D eigenvalue weighted by molar-refractivity contribution is -0.121. The van der Waals surface area contributed by atoms with Gasteiger partial charge in [-0.2, -0.15) is 4.98 Å². The second-order valence-electron chi connectivity index (χ2n) is 5.95. The fourth-order valence-electron chi connectivity index (χ4n) is 2.39. The molecule has 0 saturated heterocycles. The highest BCUT2D eigenvalue weighted by atomic mass is 35.5. The lowest BCUT2D eigenvalue weighted by atomic mass is 10.2. The summed E-state index contributed by atoms with van der Waals surface area (Å²) >= 11 is 5.81. The summed E-state index contributed by atoms with van der Waals surface area (Å²) in [4.78, 5) is 20.2. The van der Waals surface area contributed by atoms with Crippen LogP contribution in [0.3, 0.4) is 0 Å². The standard InChI is InChI=1S/C18H18ClN5O4S/c19-14-2-1-3-15(12-14)29(26,27)22-11-10-21-16(25)4-5-17-23-18(24-28-17)13-6-8-20-9-7-13/h1-3,6-9,12,22H,4-5,10-11H2,(H,21,25). The van der Waals surface area contributed by atoms with E-state index in [0.29, 0.717) is 16.7 Å². The molecular formula is C18H18ClN5O4S. The predicted octanol–water partition coefficient (Wildman–Crippen LogP) is 1.81. The molecule has 0 radical (unpaired) electrons. The number of nitrogens with one attached hydrogen (secondary N) is 2. The topological polar surface area (TPSA) is 127 Å². The summed E-state index contributed by atoms with van der Waals surface area (Å²) in [6.07, 6.45) is 3.66. The zero-order valence-electron chi connectivity index (χ0n) is 15.2. The van der Waals surface area contributed by atoms with Crippen LogP contribution in [-0.2, 0) is 21.2 Å². The number of nitrogens with zero attached hydrogens (tertiary/aromatic N) is 3. The van der Waals surface area contributed by atoms with Gasteiger partial charge in [-0.15, -0.1) is 0 Å². The molecule has 0 saturated carbocycles. The maximum absolute atomic E-state index is 12.1. The number of carbonyl (C=O) groups excluding carboxylic acids is 1. The van der Waals surface area contributed by atoms with E-state index >= 15 is 0 Å². The number of halogens is 1. The van der Waals surface area contributed by atoms with Crippen molar-refractivity contribution >= 4 is 27.5 Å². The monoisotopic (exact) mass is 435 g/mol. The van der Waals surface area contributed by atoms with Crippen molar-refractivity contribution in [3.05, 3.63) is 59.7 Å². The van der Waals surface area contributed by atoms with Gasteiger partial charge in [-0.25, -0.2) is 13.1 Å². The molecule has 0 fully saturated rings. The van der Waals surface area contributed by atoms with Gasteiger partial charge < -0.3 is 9.84 Å². The molecule has 0 unspecified atom stereocenters. The van der Waals surface area contributed by atoms with Gasteiger partial charge in [0.25, 0.3) is 0 Å². The van der Waals surface area contributed by atoms with Crippen LogP contribution in [0.5, 0.6) is 0 Å². The minimum atomic E-state index is -3.68. The van der Waals surface area contributed by atoms with E-state index < -0.39 is 10.0 Å². The molecule has 0 aliphatic rings. The Morgan fingerprint density at radius 1 is 1.14 bits per heavy atom. The molecule has 1 amide bonds. The van der Waals surface area contributed by atoms with Crippen LogP contribution < -0.4 is 10.0 Å². The number of aryl methyl sites for hydroxylation is 1. The van der Waals surface area contributed by atoms with Gasteiger partial charge in [0, 0.05) is 48.9 Å². The largest absolute Gasteiger partial charge is 0.355 e. The molecule has 2 heterocycles. The van der Waals surface area contributed by atoms with Crippen molar-refractivity contribution < 1.29 is 17.7 Å². The van der Waals surface area contributed by atoms with Gasteiger partial charge in [-0.1, -0.05) is 22.8 Å². The summed E-state index contributed by atoms with van der Waals surface area (Å²) in [5, 5.41) is 6.83. The van der Waals surface area contributed by atoms with E-state index in [1.165, 1.54) is 12.1 Å². The van der Waals surface area contributed by atoms with E-state index in [1.807, 2.05) is 0 Å². The van der Waals surface area contributed by atoms with Gasteiger partial charge in [-0.3, -0.25) is 9.78 Å². The van der Waals surface area contributed by atoms with Crippen LogP contribution >= 0.6 is 11.6 Å². The average molecular weight is 436 g/mol. The molecule has 3 rings (SSSR count). The Morgan fingerprint density at radius 2 is 1.93 bits per heavy atom. The molecule has 0 aliphatic carbocycles. The molecule has 152 valence electrons. The van der Waals surface area contributed by atoms with Crippen LogP contribution in [0.2, 0.25) is 5.02 Å². The van der Waals surface area contributed by atoms with E-state index in [1.54, 1.807) is 36.7 Å². The summed E-state index contributed by atoms with van der Waals surface area (Å²) < 4.78 is 31.8. The number of benzene rings is 1. The molecule has 29 heavy (non-hydrogen) atoms. The third-order valence-corrected chi connectivity index (χ3v) is 5.51.